The lowest BCUT2D eigenvalue weighted by atomic mass is 10.0. The molecule has 28 heavy (non-hydrogen) atoms. The van der Waals surface area contributed by atoms with Gasteiger partial charge in [0.15, 0.2) is 5.17 Å². The topological polar surface area (TPSA) is 41.6 Å². The number of furan rings is 1. The third-order valence-corrected chi connectivity index (χ3v) is 6.50. The van der Waals surface area contributed by atoms with Crippen molar-refractivity contribution in [1.82, 2.24) is 9.88 Å². The average molecular weight is 393 g/mol. The molecule has 2 aliphatic heterocycles. The molecule has 0 bridgehead atoms. The number of rotatable bonds is 4. The van der Waals surface area contributed by atoms with E-state index in [1.807, 2.05) is 48.3 Å². The third kappa shape index (κ3) is 2.92. The zero-order valence-corrected chi connectivity index (χ0v) is 16.3. The Kier molecular flexibility index (Phi) is 4.43. The van der Waals surface area contributed by atoms with Crippen LogP contribution in [0.5, 0.6) is 0 Å². The van der Waals surface area contributed by atoms with E-state index in [9.17, 15) is 4.39 Å². The number of fused-ring (bicyclic) bond motifs is 1. The molecule has 0 amide bonds. The molecule has 3 atom stereocenters. The number of halogens is 1. The van der Waals surface area contributed by atoms with Crippen molar-refractivity contribution in [3.63, 3.8) is 0 Å². The summed E-state index contributed by atoms with van der Waals surface area (Å²) in [7, 11) is 0. The Morgan fingerprint density at radius 1 is 1.14 bits per heavy atom. The fraction of sp³-hybridized carbons (Fsp3) is 0.273. The maximum absolute atomic E-state index is 13.3. The van der Waals surface area contributed by atoms with Crippen LogP contribution in [0.4, 0.5) is 4.39 Å². The normalized spacial score (nSPS) is 23.7. The fourth-order valence-electron chi connectivity index (χ4n) is 3.94. The first kappa shape index (κ1) is 17.5. The van der Waals surface area contributed by atoms with E-state index in [-0.39, 0.29) is 17.9 Å². The average Bonchev–Trinajstić information content (AvgIpc) is 3.44. The lowest BCUT2D eigenvalue weighted by Gasteiger charge is -2.30. The van der Waals surface area contributed by atoms with Crippen LogP contribution in [0.3, 0.4) is 0 Å². The molecule has 4 nitrogen and oxygen atoms in total. The van der Waals surface area contributed by atoms with Gasteiger partial charge in [-0.3, -0.25) is 4.98 Å². The summed E-state index contributed by atoms with van der Waals surface area (Å²) in [5.41, 5.74) is 1.81. The first-order valence-corrected chi connectivity index (χ1v) is 10.5. The van der Waals surface area contributed by atoms with E-state index in [2.05, 4.69) is 16.8 Å². The Bertz CT molecular complexity index is 1000. The number of nitrogens with zero attached hydrogens (tertiary/aromatic N) is 3. The number of aliphatic imine (C=N–C) groups is 1. The Hall–Kier alpha value is -2.60. The molecule has 0 saturated carbocycles. The smallest absolute Gasteiger partial charge is 0.161 e. The van der Waals surface area contributed by atoms with E-state index in [4.69, 9.17) is 9.41 Å². The second-order valence-corrected chi connectivity index (χ2v) is 8.03. The van der Waals surface area contributed by atoms with Gasteiger partial charge in [0.2, 0.25) is 0 Å². The predicted molar refractivity (Wildman–Crippen MR) is 110 cm³/mol. The zero-order chi connectivity index (χ0) is 19.1. The molecule has 0 unspecified atom stereocenters. The first-order valence-electron chi connectivity index (χ1n) is 9.50. The molecule has 6 heteroatoms. The van der Waals surface area contributed by atoms with E-state index in [1.54, 1.807) is 12.1 Å². The van der Waals surface area contributed by atoms with Crippen LogP contribution in [0.25, 0.3) is 11.3 Å². The van der Waals surface area contributed by atoms with E-state index >= 15 is 0 Å². The minimum absolute atomic E-state index is 0.0148. The molecule has 142 valence electrons. The van der Waals surface area contributed by atoms with Gasteiger partial charge in [-0.15, -0.1) is 0 Å². The number of hydrogen-bond acceptors (Lipinski definition) is 5. The molecule has 5 rings (SSSR count). The van der Waals surface area contributed by atoms with Crippen LogP contribution in [0.15, 0.2) is 70.2 Å². The second-order valence-electron chi connectivity index (χ2n) is 7.05. The highest BCUT2D eigenvalue weighted by molar-refractivity contribution is 8.14. The van der Waals surface area contributed by atoms with Crippen LogP contribution in [-0.4, -0.2) is 26.8 Å². The number of amidine groups is 1. The highest BCUT2D eigenvalue weighted by Crippen LogP contribution is 2.49. The molecule has 3 aromatic rings. The molecule has 0 aliphatic carbocycles. The largest absolute Gasteiger partial charge is 0.459 e. The van der Waals surface area contributed by atoms with Crippen molar-refractivity contribution in [2.45, 2.75) is 31.5 Å². The molecular formula is C22H20FN3OS. The lowest BCUT2D eigenvalue weighted by Crippen LogP contribution is -2.35. The molecule has 4 heterocycles. The minimum atomic E-state index is -0.251. The van der Waals surface area contributed by atoms with Crippen LogP contribution in [0.2, 0.25) is 0 Å². The summed E-state index contributed by atoms with van der Waals surface area (Å²) >= 11 is 1.81. The minimum Gasteiger partial charge on any atom is -0.459 e. The van der Waals surface area contributed by atoms with Crippen LogP contribution >= 0.6 is 11.8 Å². The van der Waals surface area contributed by atoms with Gasteiger partial charge in [0.05, 0.1) is 5.69 Å². The van der Waals surface area contributed by atoms with Crippen LogP contribution in [0, 0.1) is 5.82 Å². The first-order chi connectivity index (χ1) is 13.7. The maximum Gasteiger partial charge on any atom is 0.161 e. The van der Waals surface area contributed by atoms with Crippen molar-refractivity contribution >= 4 is 16.9 Å². The summed E-state index contributed by atoms with van der Waals surface area (Å²) in [5, 5.41) is 1.08. The maximum atomic E-state index is 13.3. The summed E-state index contributed by atoms with van der Waals surface area (Å²) < 4.78 is 19.5. The second kappa shape index (κ2) is 7.09. The highest BCUT2D eigenvalue weighted by atomic mass is 32.2. The monoisotopic (exact) mass is 393 g/mol. The van der Waals surface area contributed by atoms with Gasteiger partial charge in [0.25, 0.3) is 0 Å². The third-order valence-electron chi connectivity index (χ3n) is 5.38. The van der Waals surface area contributed by atoms with Crippen molar-refractivity contribution in [2.24, 2.45) is 4.99 Å². The standard InChI is InChI=1S/C22H20FN3OS/c1-2-16-13-28-22-25-20(17-5-3-4-12-24-17)21(26(16)22)19-11-10-18(27-19)14-6-8-15(23)9-7-14/h3-12,16,20-21H,2,13H2,1H3/t16-,20+,21-/m1/s1. The molecule has 1 aromatic carbocycles. The fourth-order valence-corrected chi connectivity index (χ4v) is 5.28. The Morgan fingerprint density at radius 3 is 2.75 bits per heavy atom. The molecular weight excluding hydrogens is 373 g/mol. The van der Waals surface area contributed by atoms with Gasteiger partial charge in [0, 0.05) is 23.6 Å². The number of thioether (sulfide) groups is 1. The molecule has 1 fully saturated rings. The molecule has 2 aliphatic rings. The van der Waals surface area contributed by atoms with E-state index in [0.717, 1.165) is 40.1 Å². The lowest BCUT2D eigenvalue weighted by molar-refractivity contribution is 0.226. The van der Waals surface area contributed by atoms with Gasteiger partial charge in [-0.25, -0.2) is 9.38 Å². The number of pyridine rings is 1. The molecule has 0 radical (unpaired) electrons. The van der Waals surface area contributed by atoms with Crippen LogP contribution in [-0.2, 0) is 0 Å². The van der Waals surface area contributed by atoms with Gasteiger partial charge in [0.1, 0.15) is 29.4 Å². The Balaban J connectivity index is 1.55. The summed E-state index contributed by atoms with van der Waals surface area (Å²) in [4.78, 5) is 12.0. The Labute approximate surface area is 167 Å². The number of benzene rings is 1. The van der Waals surface area contributed by atoms with Crippen molar-refractivity contribution in [3.05, 3.63) is 78.1 Å². The summed E-state index contributed by atoms with van der Waals surface area (Å²) in [6.07, 6.45) is 2.87. The van der Waals surface area contributed by atoms with Crippen molar-refractivity contribution < 1.29 is 8.81 Å². The number of hydrogen-bond donors (Lipinski definition) is 0. The summed E-state index contributed by atoms with van der Waals surface area (Å²) in [5.74, 6) is 2.41. The van der Waals surface area contributed by atoms with E-state index < -0.39 is 0 Å². The van der Waals surface area contributed by atoms with Crippen molar-refractivity contribution in [1.29, 1.82) is 0 Å². The van der Waals surface area contributed by atoms with Gasteiger partial charge in [-0.2, -0.15) is 0 Å². The summed E-state index contributed by atoms with van der Waals surface area (Å²) in [6.45, 7) is 2.21. The van der Waals surface area contributed by atoms with Gasteiger partial charge < -0.3 is 9.32 Å². The van der Waals surface area contributed by atoms with Crippen molar-refractivity contribution in [2.75, 3.05) is 5.75 Å². The van der Waals surface area contributed by atoms with E-state index in [1.165, 1.54) is 12.1 Å². The summed E-state index contributed by atoms with van der Waals surface area (Å²) in [6, 6.07) is 16.6. The predicted octanol–water partition coefficient (Wildman–Crippen LogP) is 5.46. The van der Waals surface area contributed by atoms with Gasteiger partial charge >= 0.3 is 0 Å². The zero-order valence-electron chi connectivity index (χ0n) is 15.5. The van der Waals surface area contributed by atoms with Crippen LogP contribution in [0.1, 0.15) is 36.9 Å². The highest BCUT2D eigenvalue weighted by Gasteiger charge is 2.46. The van der Waals surface area contributed by atoms with Gasteiger partial charge in [-0.1, -0.05) is 24.8 Å². The molecule has 1 saturated heterocycles. The number of aromatic nitrogens is 1. The Morgan fingerprint density at radius 2 is 2.00 bits per heavy atom. The molecule has 0 spiro atoms. The van der Waals surface area contributed by atoms with Gasteiger partial charge in [-0.05, 0) is 55.0 Å². The van der Waals surface area contributed by atoms with Crippen molar-refractivity contribution in [3.8, 4) is 11.3 Å². The molecule has 2 aromatic heterocycles. The quantitative estimate of drug-likeness (QED) is 0.590. The molecule has 0 N–H and O–H groups in total. The van der Waals surface area contributed by atoms with E-state index in [0.29, 0.717) is 6.04 Å². The SMILES string of the molecule is CC[C@@H]1CSC2=N[C@@H](c3ccccn3)[C@@H](c3ccc(-c4ccc(F)cc4)o3)N21. The van der Waals surface area contributed by atoms with Crippen LogP contribution < -0.4 is 0 Å².